The molecule has 0 radical (unpaired) electrons. The lowest BCUT2D eigenvalue weighted by Gasteiger charge is -2.33. The van der Waals surface area contributed by atoms with Crippen LogP contribution >= 0.6 is 7.44 Å². The number of ether oxygens (including phenoxy) is 3. The number of nitrogens with zero attached hydrogens (tertiary/aromatic N) is 4. The quantitative estimate of drug-likeness (QED) is 0.231. The highest BCUT2D eigenvalue weighted by Crippen LogP contribution is 2.40. The van der Waals surface area contributed by atoms with E-state index in [1.165, 1.54) is 6.33 Å². The Hall–Kier alpha value is -2.60. The first-order chi connectivity index (χ1) is 17.8. The summed E-state index contributed by atoms with van der Waals surface area (Å²) in [5, 5.41) is 5.75. The molecule has 0 aromatic carbocycles. The molecule has 14 heteroatoms. The number of aromatic nitrogens is 4. The van der Waals surface area contributed by atoms with Gasteiger partial charge in [0.25, 0.3) is 0 Å². The molecule has 2 heterocycles. The van der Waals surface area contributed by atoms with Crippen LogP contribution in [0.3, 0.4) is 0 Å². The summed E-state index contributed by atoms with van der Waals surface area (Å²) in [5.74, 6) is -0.653. The van der Waals surface area contributed by atoms with E-state index in [9.17, 15) is 14.2 Å². The van der Waals surface area contributed by atoms with Crippen LogP contribution in [-0.2, 0) is 34.9 Å². The molecule has 1 saturated carbocycles. The third-order valence-electron chi connectivity index (χ3n) is 6.03. The SMILES string of the molecule is CC(C)COC(=O)C(C)(C)NP(=O)(CO[C@H](C)Cn1cnc2c(N)ncnc21)N[C@H](C)C(=O)OC1CCC1. The Bertz CT molecular complexity index is 1170. The first-order valence-electron chi connectivity index (χ1n) is 12.9. The van der Waals surface area contributed by atoms with Crippen molar-refractivity contribution in [2.75, 3.05) is 18.7 Å². The second-order valence-electron chi connectivity index (χ2n) is 10.7. The van der Waals surface area contributed by atoms with E-state index in [4.69, 9.17) is 19.9 Å². The van der Waals surface area contributed by atoms with E-state index in [0.29, 0.717) is 17.7 Å². The van der Waals surface area contributed by atoms with Crippen molar-refractivity contribution in [3.8, 4) is 0 Å². The summed E-state index contributed by atoms with van der Waals surface area (Å²) in [6, 6.07) is -0.896. The van der Waals surface area contributed by atoms with Crippen molar-refractivity contribution in [2.24, 2.45) is 5.92 Å². The van der Waals surface area contributed by atoms with Crippen LogP contribution in [0, 0.1) is 5.92 Å². The van der Waals surface area contributed by atoms with Crippen molar-refractivity contribution in [2.45, 2.75) is 91.1 Å². The Labute approximate surface area is 223 Å². The Morgan fingerprint density at radius 1 is 1.21 bits per heavy atom. The maximum atomic E-state index is 14.1. The Morgan fingerprint density at radius 2 is 1.92 bits per heavy atom. The van der Waals surface area contributed by atoms with E-state index in [1.807, 2.05) is 13.8 Å². The number of rotatable bonds is 14. The van der Waals surface area contributed by atoms with Crippen LogP contribution in [0.1, 0.15) is 60.8 Å². The summed E-state index contributed by atoms with van der Waals surface area (Å²) in [7, 11) is -3.68. The lowest BCUT2D eigenvalue weighted by molar-refractivity contribution is -0.154. The largest absolute Gasteiger partial charge is 0.464 e. The summed E-state index contributed by atoms with van der Waals surface area (Å²) < 4.78 is 32.7. The van der Waals surface area contributed by atoms with Crippen molar-refractivity contribution in [3.05, 3.63) is 12.7 Å². The first kappa shape index (κ1) is 29.9. The van der Waals surface area contributed by atoms with Crippen LogP contribution in [0.25, 0.3) is 11.2 Å². The van der Waals surface area contributed by atoms with Crippen molar-refractivity contribution in [1.29, 1.82) is 0 Å². The van der Waals surface area contributed by atoms with Crippen LogP contribution in [-0.4, -0.2) is 68.2 Å². The van der Waals surface area contributed by atoms with Crippen LogP contribution < -0.4 is 15.9 Å². The number of imidazole rings is 1. The molecule has 38 heavy (non-hydrogen) atoms. The summed E-state index contributed by atoms with van der Waals surface area (Å²) in [5.41, 5.74) is 5.57. The minimum absolute atomic E-state index is 0.110. The second-order valence-corrected chi connectivity index (χ2v) is 13.0. The number of hydrogen-bond donors (Lipinski definition) is 3. The number of esters is 2. The van der Waals surface area contributed by atoms with Gasteiger partial charge in [-0.25, -0.2) is 25.1 Å². The Kier molecular flexibility index (Phi) is 9.85. The molecule has 2 aromatic heterocycles. The lowest BCUT2D eigenvalue weighted by Crippen LogP contribution is -2.50. The fourth-order valence-corrected chi connectivity index (χ4v) is 6.13. The zero-order valence-electron chi connectivity index (χ0n) is 23.0. The molecule has 3 rings (SSSR count). The number of anilines is 1. The fraction of sp³-hybridized carbons (Fsp3) is 0.708. The van der Waals surface area contributed by atoms with Crippen LogP contribution in [0.15, 0.2) is 12.7 Å². The number of fused-ring (bicyclic) bond motifs is 1. The van der Waals surface area contributed by atoms with Gasteiger partial charge < -0.3 is 24.5 Å². The number of nitrogen functional groups attached to an aromatic ring is 1. The van der Waals surface area contributed by atoms with Gasteiger partial charge in [-0.2, -0.15) is 0 Å². The van der Waals surface area contributed by atoms with Crippen molar-refractivity contribution >= 4 is 36.4 Å². The standard InChI is InChI=1S/C24H40N7O6P/c1-15(2)11-35-23(33)24(5,6)30-38(34,29-17(4)22(32)37-18-8-7-9-18)14-36-16(3)10-31-13-28-19-20(25)26-12-27-21(19)31/h12-13,15-18H,7-11,14H2,1-6H3,(H2,25,26,27)(H2,29,30,34)/t16-,17-,38?/m1/s1. The van der Waals surface area contributed by atoms with Crippen LogP contribution in [0.4, 0.5) is 5.82 Å². The normalized spacial score (nSPS) is 17.6. The highest BCUT2D eigenvalue weighted by Gasteiger charge is 2.40. The smallest absolute Gasteiger partial charge is 0.326 e. The predicted octanol–water partition coefficient (Wildman–Crippen LogP) is 2.61. The van der Waals surface area contributed by atoms with Crippen molar-refractivity contribution in [1.82, 2.24) is 29.7 Å². The van der Waals surface area contributed by atoms with Gasteiger partial charge in [0, 0.05) is 0 Å². The van der Waals surface area contributed by atoms with E-state index >= 15 is 0 Å². The molecule has 1 aliphatic rings. The number of hydrogen-bond acceptors (Lipinski definition) is 10. The maximum absolute atomic E-state index is 14.1. The average Bonchev–Trinajstić information content (AvgIpc) is 3.21. The van der Waals surface area contributed by atoms with Crippen molar-refractivity contribution < 1.29 is 28.4 Å². The van der Waals surface area contributed by atoms with Crippen LogP contribution in [0.5, 0.6) is 0 Å². The van der Waals surface area contributed by atoms with E-state index < -0.39 is 37.1 Å². The van der Waals surface area contributed by atoms with Gasteiger partial charge in [0.05, 0.1) is 25.6 Å². The second kappa shape index (κ2) is 12.5. The van der Waals surface area contributed by atoms with Crippen molar-refractivity contribution in [3.63, 3.8) is 0 Å². The molecular formula is C24H40N7O6P. The van der Waals surface area contributed by atoms with Gasteiger partial charge in [-0.15, -0.1) is 0 Å². The summed E-state index contributed by atoms with van der Waals surface area (Å²) >= 11 is 0. The molecule has 0 aliphatic heterocycles. The van der Waals surface area contributed by atoms with Gasteiger partial charge in [0.2, 0.25) is 7.44 Å². The number of nitrogens with two attached hydrogens (primary N) is 1. The minimum Gasteiger partial charge on any atom is -0.464 e. The topological polar surface area (TPSA) is 173 Å². The summed E-state index contributed by atoms with van der Waals surface area (Å²) in [6.07, 6.45) is 4.75. The van der Waals surface area contributed by atoms with E-state index in [1.54, 1.807) is 38.6 Å². The fourth-order valence-electron chi connectivity index (χ4n) is 3.74. The predicted molar refractivity (Wildman–Crippen MR) is 142 cm³/mol. The Morgan fingerprint density at radius 3 is 2.55 bits per heavy atom. The third kappa shape index (κ3) is 7.95. The average molecular weight is 554 g/mol. The molecule has 2 aromatic rings. The summed E-state index contributed by atoms with van der Waals surface area (Å²) in [6.45, 7) is 10.9. The molecule has 212 valence electrons. The van der Waals surface area contributed by atoms with Gasteiger partial charge >= 0.3 is 11.9 Å². The molecule has 4 N–H and O–H groups in total. The van der Waals surface area contributed by atoms with Gasteiger partial charge in [-0.1, -0.05) is 13.8 Å². The molecular weight excluding hydrogens is 513 g/mol. The molecule has 1 aliphatic carbocycles. The zero-order chi connectivity index (χ0) is 28.1. The molecule has 0 amide bonds. The van der Waals surface area contributed by atoms with Gasteiger partial charge in [0.15, 0.2) is 11.5 Å². The zero-order valence-corrected chi connectivity index (χ0v) is 23.9. The monoisotopic (exact) mass is 553 g/mol. The third-order valence-corrected chi connectivity index (χ3v) is 8.27. The highest BCUT2D eigenvalue weighted by molar-refractivity contribution is 7.59. The molecule has 0 spiro atoms. The molecule has 1 fully saturated rings. The van der Waals surface area contributed by atoms with E-state index in [-0.39, 0.29) is 30.8 Å². The lowest BCUT2D eigenvalue weighted by atomic mass is 9.96. The Balaban J connectivity index is 1.70. The van der Waals surface area contributed by atoms with E-state index in [2.05, 4.69) is 25.1 Å². The van der Waals surface area contributed by atoms with Gasteiger partial charge in [0.1, 0.15) is 35.9 Å². The summed E-state index contributed by atoms with van der Waals surface area (Å²) in [4.78, 5) is 37.8. The molecule has 1 unspecified atom stereocenters. The molecule has 0 saturated heterocycles. The maximum Gasteiger partial charge on any atom is 0.326 e. The number of carbonyl (C=O) groups is 2. The van der Waals surface area contributed by atoms with E-state index in [0.717, 1.165) is 19.3 Å². The number of carbonyl (C=O) groups excluding carboxylic acids is 2. The van der Waals surface area contributed by atoms with Gasteiger partial charge in [-0.3, -0.25) is 14.2 Å². The molecule has 0 bridgehead atoms. The minimum atomic E-state index is -3.68. The molecule has 13 nitrogen and oxygen atoms in total. The van der Waals surface area contributed by atoms with Crippen LogP contribution in [0.2, 0.25) is 0 Å². The first-order valence-corrected chi connectivity index (χ1v) is 14.8. The number of nitrogens with one attached hydrogen (secondary N) is 2. The molecule has 3 atom stereocenters. The van der Waals surface area contributed by atoms with Gasteiger partial charge in [-0.05, 0) is 52.9 Å². The highest BCUT2D eigenvalue weighted by atomic mass is 31.2.